The number of carbonyl (C=O) groups is 3. The van der Waals surface area contributed by atoms with Crippen molar-refractivity contribution in [2.45, 2.75) is 37.8 Å². The van der Waals surface area contributed by atoms with Crippen molar-refractivity contribution in [1.29, 1.82) is 0 Å². The first kappa shape index (κ1) is 19.4. The topological polar surface area (TPSA) is 148 Å². The minimum absolute atomic E-state index is 0.280. The maximum Gasteiger partial charge on any atom is 0.404 e. The van der Waals surface area contributed by atoms with Crippen LogP contribution >= 0.6 is 0 Å². The molecule has 8 heteroatoms. The summed E-state index contributed by atoms with van der Waals surface area (Å²) in [6.45, 7) is 0.280. The maximum absolute atomic E-state index is 12.1. The van der Waals surface area contributed by atoms with Gasteiger partial charge in [-0.05, 0) is 31.2 Å². The molecule has 2 atom stereocenters. The van der Waals surface area contributed by atoms with E-state index < -0.39 is 30.0 Å². The molecule has 0 heterocycles. The Kier molecular flexibility index (Phi) is 8.28. The molecule has 0 bridgehead atoms. The zero-order valence-electron chi connectivity index (χ0n) is 13.4. The van der Waals surface area contributed by atoms with Gasteiger partial charge in [-0.2, -0.15) is 0 Å². The minimum Gasteiger partial charge on any atom is -0.465 e. The second-order valence-electron chi connectivity index (χ2n) is 5.49. The van der Waals surface area contributed by atoms with Gasteiger partial charge < -0.3 is 27.2 Å². The lowest BCUT2D eigenvalue weighted by Crippen LogP contribution is -2.51. The third-order valence-corrected chi connectivity index (χ3v) is 3.49. The molecule has 0 radical (unpaired) electrons. The summed E-state index contributed by atoms with van der Waals surface area (Å²) in [6, 6.07) is 7.74. The van der Waals surface area contributed by atoms with Crippen LogP contribution in [0.25, 0.3) is 0 Å². The quantitative estimate of drug-likeness (QED) is 0.380. The van der Waals surface area contributed by atoms with Gasteiger partial charge in [-0.25, -0.2) is 4.79 Å². The van der Waals surface area contributed by atoms with Crippen molar-refractivity contribution in [2.75, 3.05) is 6.54 Å². The standard InChI is InChI=1S/C16H24N4O4/c17-12(10-11-6-2-1-3-7-11)15(22)20-13(14(18)21)8-4-5-9-19-16(23)24/h1-3,6-7,12-13,19H,4-5,8-10,17H2,(H2,18,21)(H,20,22)(H,23,24). The largest absolute Gasteiger partial charge is 0.465 e. The highest BCUT2D eigenvalue weighted by atomic mass is 16.4. The molecule has 2 unspecified atom stereocenters. The Morgan fingerprint density at radius 3 is 2.38 bits per heavy atom. The molecule has 132 valence electrons. The van der Waals surface area contributed by atoms with E-state index in [-0.39, 0.29) is 6.54 Å². The molecule has 8 nitrogen and oxygen atoms in total. The van der Waals surface area contributed by atoms with Gasteiger partial charge in [0.05, 0.1) is 6.04 Å². The van der Waals surface area contributed by atoms with Gasteiger partial charge in [0.15, 0.2) is 0 Å². The van der Waals surface area contributed by atoms with Crippen molar-refractivity contribution in [3.05, 3.63) is 35.9 Å². The number of benzene rings is 1. The molecule has 0 spiro atoms. The number of primary amides is 1. The van der Waals surface area contributed by atoms with Crippen molar-refractivity contribution in [3.8, 4) is 0 Å². The van der Waals surface area contributed by atoms with Crippen LogP contribution < -0.4 is 22.1 Å². The van der Waals surface area contributed by atoms with Gasteiger partial charge in [-0.3, -0.25) is 9.59 Å². The predicted octanol–water partition coefficient (Wildman–Crippen LogP) is -0.0356. The molecule has 0 aliphatic rings. The lowest BCUT2D eigenvalue weighted by atomic mass is 10.0. The van der Waals surface area contributed by atoms with Crippen LogP contribution in [0.4, 0.5) is 4.79 Å². The van der Waals surface area contributed by atoms with Gasteiger partial charge in [-0.1, -0.05) is 30.3 Å². The number of carbonyl (C=O) groups excluding carboxylic acids is 2. The molecular formula is C16H24N4O4. The van der Waals surface area contributed by atoms with Gasteiger partial charge in [0.1, 0.15) is 6.04 Å². The molecule has 3 amide bonds. The number of hydrogen-bond acceptors (Lipinski definition) is 4. The number of unbranched alkanes of at least 4 members (excludes halogenated alkanes) is 1. The Labute approximate surface area is 140 Å². The molecule has 0 fully saturated rings. The lowest BCUT2D eigenvalue weighted by Gasteiger charge is -2.18. The summed E-state index contributed by atoms with van der Waals surface area (Å²) < 4.78 is 0. The van der Waals surface area contributed by atoms with E-state index in [0.717, 1.165) is 5.56 Å². The van der Waals surface area contributed by atoms with Gasteiger partial charge >= 0.3 is 6.09 Å². The van der Waals surface area contributed by atoms with Crippen molar-refractivity contribution < 1.29 is 19.5 Å². The van der Waals surface area contributed by atoms with E-state index in [9.17, 15) is 14.4 Å². The second-order valence-corrected chi connectivity index (χ2v) is 5.49. The van der Waals surface area contributed by atoms with E-state index in [2.05, 4.69) is 10.6 Å². The van der Waals surface area contributed by atoms with E-state index in [1.807, 2.05) is 30.3 Å². The number of carboxylic acid groups (broad SMARTS) is 1. The highest BCUT2D eigenvalue weighted by Crippen LogP contribution is 2.04. The first-order valence-corrected chi connectivity index (χ1v) is 7.76. The third kappa shape index (κ3) is 7.59. The summed E-state index contributed by atoms with van der Waals surface area (Å²) in [7, 11) is 0. The summed E-state index contributed by atoms with van der Waals surface area (Å²) in [5.74, 6) is -1.08. The Morgan fingerprint density at radius 2 is 1.79 bits per heavy atom. The van der Waals surface area contributed by atoms with E-state index in [1.165, 1.54) is 0 Å². The third-order valence-electron chi connectivity index (χ3n) is 3.49. The predicted molar refractivity (Wildman–Crippen MR) is 89.1 cm³/mol. The number of nitrogens with one attached hydrogen (secondary N) is 2. The van der Waals surface area contributed by atoms with Crippen molar-refractivity contribution >= 4 is 17.9 Å². The molecule has 0 aliphatic carbocycles. The lowest BCUT2D eigenvalue weighted by molar-refractivity contribution is -0.128. The number of amides is 3. The SMILES string of the molecule is NC(=O)C(CCCCNC(=O)O)NC(=O)C(N)Cc1ccccc1. The number of rotatable bonds is 10. The van der Waals surface area contributed by atoms with Crippen LogP contribution in [0.2, 0.25) is 0 Å². The monoisotopic (exact) mass is 336 g/mol. The summed E-state index contributed by atoms with van der Waals surface area (Å²) >= 11 is 0. The Hall–Kier alpha value is -2.61. The zero-order chi connectivity index (χ0) is 17.9. The van der Waals surface area contributed by atoms with Gasteiger partial charge in [0.25, 0.3) is 0 Å². The van der Waals surface area contributed by atoms with E-state index in [0.29, 0.717) is 25.7 Å². The van der Waals surface area contributed by atoms with E-state index in [1.54, 1.807) is 0 Å². The highest BCUT2D eigenvalue weighted by Gasteiger charge is 2.21. The average Bonchev–Trinajstić information content (AvgIpc) is 2.53. The maximum atomic E-state index is 12.1. The first-order valence-electron chi connectivity index (χ1n) is 7.76. The summed E-state index contributed by atoms with van der Waals surface area (Å²) in [6.07, 6.45) is 0.687. The first-order chi connectivity index (χ1) is 11.4. The van der Waals surface area contributed by atoms with Crippen LogP contribution in [0.5, 0.6) is 0 Å². The molecule has 1 aromatic rings. The Balaban J connectivity index is 2.41. The fourth-order valence-corrected chi connectivity index (χ4v) is 2.19. The van der Waals surface area contributed by atoms with Gasteiger partial charge in [0.2, 0.25) is 11.8 Å². The molecule has 7 N–H and O–H groups in total. The summed E-state index contributed by atoms with van der Waals surface area (Å²) in [5, 5.41) is 13.2. The minimum atomic E-state index is -1.10. The van der Waals surface area contributed by atoms with Crippen LogP contribution in [0, 0.1) is 0 Å². The fourth-order valence-electron chi connectivity index (χ4n) is 2.19. The second kappa shape index (κ2) is 10.2. The molecule has 0 aromatic heterocycles. The Bertz CT molecular complexity index is 550. The summed E-state index contributed by atoms with van der Waals surface area (Å²) in [4.78, 5) is 33.9. The van der Waals surface area contributed by atoms with Gasteiger partial charge in [0, 0.05) is 6.54 Å². The zero-order valence-corrected chi connectivity index (χ0v) is 13.4. The summed E-state index contributed by atoms with van der Waals surface area (Å²) in [5.41, 5.74) is 12.1. The van der Waals surface area contributed by atoms with Crippen molar-refractivity contribution in [1.82, 2.24) is 10.6 Å². The van der Waals surface area contributed by atoms with Crippen LogP contribution in [-0.4, -0.2) is 41.6 Å². The van der Waals surface area contributed by atoms with E-state index in [4.69, 9.17) is 16.6 Å². The molecule has 1 aromatic carbocycles. The smallest absolute Gasteiger partial charge is 0.404 e. The van der Waals surface area contributed by atoms with Crippen LogP contribution in [0.1, 0.15) is 24.8 Å². The molecule has 24 heavy (non-hydrogen) atoms. The Morgan fingerprint density at radius 1 is 1.12 bits per heavy atom. The van der Waals surface area contributed by atoms with Crippen LogP contribution in [0.15, 0.2) is 30.3 Å². The number of hydrogen-bond donors (Lipinski definition) is 5. The molecule has 0 aliphatic heterocycles. The normalized spacial score (nSPS) is 12.9. The number of nitrogens with two attached hydrogens (primary N) is 2. The fraction of sp³-hybridized carbons (Fsp3) is 0.438. The van der Waals surface area contributed by atoms with E-state index >= 15 is 0 Å². The van der Waals surface area contributed by atoms with Crippen molar-refractivity contribution in [2.24, 2.45) is 11.5 Å². The highest BCUT2D eigenvalue weighted by molar-refractivity contribution is 5.89. The molecule has 1 rings (SSSR count). The molecule has 0 saturated heterocycles. The van der Waals surface area contributed by atoms with Gasteiger partial charge in [-0.15, -0.1) is 0 Å². The molecular weight excluding hydrogens is 312 g/mol. The van der Waals surface area contributed by atoms with Crippen molar-refractivity contribution in [3.63, 3.8) is 0 Å². The molecule has 0 saturated carbocycles. The van der Waals surface area contributed by atoms with Crippen LogP contribution in [0.3, 0.4) is 0 Å². The average molecular weight is 336 g/mol. The van der Waals surface area contributed by atoms with Crippen LogP contribution in [-0.2, 0) is 16.0 Å².